The molecule has 2 aliphatic carbocycles. The number of aliphatic hydroxyl groups excluding tert-OH is 1. The maximum absolute atomic E-state index is 12.7. The summed E-state index contributed by atoms with van der Waals surface area (Å²) < 4.78 is 0. The SMILES string of the molecule is CC(CCc1ccccc1)CC(C)C1C(=O)CC(O)C1CCCCCCC(=O)NC1CC1. The van der Waals surface area contributed by atoms with Gasteiger partial charge in [-0.2, -0.15) is 0 Å². The number of rotatable bonds is 14. The molecule has 0 aromatic heterocycles. The van der Waals surface area contributed by atoms with E-state index in [9.17, 15) is 14.7 Å². The molecule has 32 heavy (non-hydrogen) atoms. The molecule has 2 N–H and O–H groups in total. The minimum absolute atomic E-state index is 0.00787. The van der Waals surface area contributed by atoms with Crippen LogP contribution in [0.3, 0.4) is 0 Å². The normalized spacial score (nSPS) is 25.0. The van der Waals surface area contributed by atoms with Crippen LogP contribution in [0, 0.1) is 23.7 Å². The zero-order chi connectivity index (χ0) is 22.9. The van der Waals surface area contributed by atoms with Gasteiger partial charge >= 0.3 is 0 Å². The summed E-state index contributed by atoms with van der Waals surface area (Å²) in [6.07, 6.45) is 11.0. The molecule has 4 heteroatoms. The van der Waals surface area contributed by atoms with Crippen molar-refractivity contribution >= 4 is 11.7 Å². The molecule has 0 saturated heterocycles. The molecular formula is C28H43NO3. The van der Waals surface area contributed by atoms with Crippen molar-refractivity contribution in [2.75, 3.05) is 0 Å². The van der Waals surface area contributed by atoms with Crippen LogP contribution in [0.2, 0.25) is 0 Å². The summed E-state index contributed by atoms with van der Waals surface area (Å²) in [5.41, 5.74) is 1.38. The van der Waals surface area contributed by atoms with Gasteiger partial charge < -0.3 is 10.4 Å². The Labute approximate surface area is 194 Å². The molecule has 3 rings (SSSR count). The number of ketones is 1. The van der Waals surface area contributed by atoms with Crippen molar-refractivity contribution in [3.63, 3.8) is 0 Å². The summed E-state index contributed by atoms with van der Waals surface area (Å²) in [6, 6.07) is 11.1. The van der Waals surface area contributed by atoms with Crippen LogP contribution in [0.15, 0.2) is 30.3 Å². The summed E-state index contributed by atoms with van der Waals surface area (Å²) in [6.45, 7) is 4.51. The minimum atomic E-state index is -0.473. The Kier molecular flexibility index (Phi) is 9.77. The highest BCUT2D eigenvalue weighted by atomic mass is 16.3. The first-order chi connectivity index (χ1) is 15.4. The molecule has 0 aliphatic heterocycles. The topological polar surface area (TPSA) is 66.4 Å². The van der Waals surface area contributed by atoms with Crippen LogP contribution in [-0.2, 0) is 16.0 Å². The van der Waals surface area contributed by atoms with Crippen LogP contribution < -0.4 is 5.32 Å². The number of carbonyl (C=O) groups excluding carboxylic acids is 2. The standard InChI is InChI=1S/C28H43NO3/c1-20(14-15-22-10-6-5-7-11-22)18-21(2)28-24(25(30)19-26(28)31)12-8-3-4-9-13-27(32)29-23-16-17-23/h5-7,10-11,20-21,23-25,28,30H,3-4,8-9,12-19H2,1-2H3,(H,29,32). The molecule has 5 unspecified atom stereocenters. The maximum atomic E-state index is 12.7. The molecule has 1 aromatic carbocycles. The lowest BCUT2D eigenvalue weighted by atomic mass is 9.77. The van der Waals surface area contributed by atoms with Crippen LogP contribution in [0.5, 0.6) is 0 Å². The lowest BCUT2D eigenvalue weighted by Crippen LogP contribution is -2.27. The Morgan fingerprint density at radius 3 is 2.53 bits per heavy atom. The predicted molar refractivity (Wildman–Crippen MR) is 129 cm³/mol. The first kappa shape index (κ1) is 25.0. The lowest BCUT2D eigenvalue weighted by Gasteiger charge is -2.28. The van der Waals surface area contributed by atoms with E-state index in [1.807, 2.05) is 0 Å². The molecule has 0 bridgehead atoms. The quantitative estimate of drug-likeness (QED) is 0.376. The van der Waals surface area contributed by atoms with Crippen LogP contribution in [0.4, 0.5) is 0 Å². The Morgan fingerprint density at radius 2 is 1.81 bits per heavy atom. The molecule has 4 nitrogen and oxygen atoms in total. The molecule has 5 atom stereocenters. The molecule has 0 spiro atoms. The smallest absolute Gasteiger partial charge is 0.220 e. The summed E-state index contributed by atoms with van der Waals surface area (Å²) in [4.78, 5) is 24.5. The number of carbonyl (C=O) groups is 2. The zero-order valence-corrected chi connectivity index (χ0v) is 20.1. The van der Waals surface area contributed by atoms with Crippen LogP contribution in [0.1, 0.15) is 90.0 Å². The number of Topliss-reactive ketones (excluding diaryl/α,β-unsaturated/α-hetero) is 1. The van der Waals surface area contributed by atoms with Gasteiger partial charge in [0.2, 0.25) is 5.91 Å². The number of unbranched alkanes of at least 4 members (excludes halogenated alkanes) is 3. The first-order valence-corrected chi connectivity index (χ1v) is 13.0. The molecule has 0 radical (unpaired) electrons. The average molecular weight is 442 g/mol. The average Bonchev–Trinajstić information content (AvgIpc) is 3.52. The van der Waals surface area contributed by atoms with Gasteiger partial charge in [0.05, 0.1) is 6.10 Å². The molecule has 2 saturated carbocycles. The number of amides is 1. The van der Waals surface area contributed by atoms with E-state index in [1.54, 1.807) is 0 Å². The number of nitrogens with one attached hydrogen (secondary N) is 1. The third-order valence-corrected chi connectivity index (χ3v) is 7.53. The van der Waals surface area contributed by atoms with E-state index in [0.717, 1.165) is 64.2 Å². The third-order valence-electron chi connectivity index (χ3n) is 7.53. The summed E-state index contributed by atoms with van der Waals surface area (Å²) >= 11 is 0. The Hall–Kier alpha value is -1.68. The molecule has 2 fully saturated rings. The fraction of sp³-hybridized carbons (Fsp3) is 0.714. The van der Waals surface area contributed by atoms with Crippen molar-refractivity contribution in [2.45, 2.75) is 103 Å². The molecule has 1 aromatic rings. The van der Waals surface area contributed by atoms with E-state index in [4.69, 9.17) is 0 Å². The van der Waals surface area contributed by atoms with Crippen LogP contribution >= 0.6 is 0 Å². The first-order valence-electron chi connectivity index (χ1n) is 13.0. The van der Waals surface area contributed by atoms with Gasteiger partial charge in [0.1, 0.15) is 5.78 Å². The fourth-order valence-corrected chi connectivity index (χ4v) is 5.59. The highest BCUT2D eigenvalue weighted by Gasteiger charge is 2.43. The second kappa shape index (κ2) is 12.5. The monoisotopic (exact) mass is 441 g/mol. The van der Waals surface area contributed by atoms with Gasteiger partial charge in [-0.25, -0.2) is 0 Å². The molecule has 0 heterocycles. The summed E-state index contributed by atoms with van der Waals surface area (Å²) in [7, 11) is 0. The lowest BCUT2D eigenvalue weighted by molar-refractivity contribution is -0.123. The molecule has 1 amide bonds. The van der Waals surface area contributed by atoms with Gasteiger partial charge in [-0.1, -0.05) is 63.4 Å². The number of aryl methyl sites for hydroxylation is 1. The largest absolute Gasteiger partial charge is 0.392 e. The highest BCUT2D eigenvalue weighted by molar-refractivity contribution is 5.84. The third kappa shape index (κ3) is 8.03. The van der Waals surface area contributed by atoms with Crippen molar-refractivity contribution in [1.29, 1.82) is 0 Å². The van der Waals surface area contributed by atoms with Gasteiger partial charge in [-0.15, -0.1) is 0 Å². The van der Waals surface area contributed by atoms with Crippen molar-refractivity contribution in [1.82, 2.24) is 5.32 Å². The molecular weight excluding hydrogens is 398 g/mol. The van der Waals surface area contributed by atoms with E-state index in [2.05, 4.69) is 49.5 Å². The van der Waals surface area contributed by atoms with E-state index < -0.39 is 6.10 Å². The van der Waals surface area contributed by atoms with Crippen molar-refractivity contribution in [2.24, 2.45) is 23.7 Å². The van der Waals surface area contributed by atoms with Gasteiger partial charge in [0, 0.05) is 24.8 Å². The number of aliphatic hydroxyl groups is 1. The van der Waals surface area contributed by atoms with Crippen molar-refractivity contribution < 1.29 is 14.7 Å². The van der Waals surface area contributed by atoms with E-state index in [1.165, 1.54) is 5.56 Å². The number of benzene rings is 1. The number of hydrogen-bond acceptors (Lipinski definition) is 3. The molecule has 178 valence electrons. The van der Waals surface area contributed by atoms with Gasteiger partial charge in [-0.3, -0.25) is 9.59 Å². The second-order valence-electron chi connectivity index (χ2n) is 10.6. The van der Waals surface area contributed by atoms with E-state index in [0.29, 0.717) is 30.7 Å². The second-order valence-corrected chi connectivity index (χ2v) is 10.6. The van der Waals surface area contributed by atoms with Crippen molar-refractivity contribution in [3.8, 4) is 0 Å². The van der Waals surface area contributed by atoms with E-state index in [-0.39, 0.29) is 23.5 Å². The summed E-state index contributed by atoms with van der Waals surface area (Å²) in [5, 5.41) is 13.6. The summed E-state index contributed by atoms with van der Waals surface area (Å²) in [5.74, 6) is 1.46. The fourth-order valence-electron chi connectivity index (χ4n) is 5.59. The minimum Gasteiger partial charge on any atom is -0.392 e. The Morgan fingerprint density at radius 1 is 1.09 bits per heavy atom. The van der Waals surface area contributed by atoms with Crippen LogP contribution in [-0.4, -0.2) is 28.9 Å². The van der Waals surface area contributed by atoms with Gasteiger partial charge in [-0.05, 0) is 68.3 Å². The Balaban J connectivity index is 1.36. The van der Waals surface area contributed by atoms with Gasteiger partial charge in [0.15, 0.2) is 0 Å². The predicted octanol–water partition coefficient (Wildman–Crippen LogP) is 5.47. The van der Waals surface area contributed by atoms with Gasteiger partial charge in [0.25, 0.3) is 0 Å². The Bertz CT molecular complexity index is 715. The number of hydrogen-bond donors (Lipinski definition) is 2. The van der Waals surface area contributed by atoms with Crippen molar-refractivity contribution in [3.05, 3.63) is 35.9 Å². The van der Waals surface area contributed by atoms with E-state index >= 15 is 0 Å². The maximum Gasteiger partial charge on any atom is 0.220 e. The van der Waals surface area contributed by atoms with Crippen LogP contribution in [0.25, 0.3) is 0 Å². The highest BCUT2D eigenvalue weighted by Crippen LogP contribution is 2.40. The molecule has 2 aliphatic rings. The zero-order valence-electron chi connectivity index (χ0n) is 20.1.